The summed E-state index contributed by atoms with van der Waals surface area (Å²) in [7, 11) is 0. The maximum absolute atomic E-state index is 14.4. The normalized spacial score (nSPS) is 12.8. The number of halogens is 9. The van der Waals surface area contributed by atoms with Crippen molar-refractivity contribution < 1.29 is 44.3 Å². The molecule has 0 bridgehead atoms. The third kappa shape index (κ3) is 4.41. The summed E-state index contributed by atoms with van der Waals surface area (Å²) in [6.07, 6.45) is -12.8. The molecule has 32 heavy (non-hydrogen) atoms. The lowest BCUT2D eigenvalue weighted by Gasteiger charge is -2.31. The zero-order valence-corrected chi connectivity index (χ0v) is 16.6. The van der Waals surface area contributed by atoms with E-state index in [2.05, 4.69) is 5.32 Å². The maximum Gasteiger partial charge on any atom is 0.435 e. The summed E-state index contributed by atoms with van der Waals surface area (Å²) in [6, 6.07) is 1.87. The molecule has 0 saturated heterocycles. The Morgan fingerprint density at radius 2 is 1.47 bits per heavy atom. The molecular formula is C20H17F9N2O. The molecular weight excluding hydrogens is 455 g/mol. The van der Waals surface area contributed by atoms with Crippen LogP contribution in [0.2, 0.25) is 0 Å². The summed E-state index contributed by atoms with van der Waals surface area (Å²) in [5, 5.41) is 2.15. The first-order valence-electron chi connectivity index (χ1n) is 9.04. The molecule has 3 nitrogen and oxygen atoms in total. The number of anilines is 1. The number of amides is 1. The second-order valence-electron chi connectivity index (χ2n) is 6.92. The fourth-order valence-electron chi connectivity index (χ4n) is 3.10. The van der Waals surface area contributed by atoms with Gasteiger partial charge in [-0.2, -0.15) is 26.3 Å². The first-order chi connectivity index (χ1) is 14.6. The lowest BCUT2D eigenvalue weighted by atomic mass is 9.89. The predicted molar refractivity (Wildman–Crippen MR) is 97.7 cm³/mol. The zero-order valence-electron chi connectivity index (χ0n) is 16.6. The largest absolute Gasteiger partial charge is 0.435 e. The maximum atomic E-state index is 14.4. The fraction of sp³-hybridized carbons (Fsp3) is 0.350. The van der Waals surface area contributed by atoms with Gasteiger partial charge in [-0.15, -0.1) is 0 Å². The van der Waals surface area contributed by atoms with E-state index < -0.39 is 46.7 Å². The molecule has 0 aliphatic rings. The molecule has 0 radical (unpaired) electrons. The van der Waals surface area contributed by atoms with E-state index in [1.165, 1.54) is 6.92 Å². The molecule has 0 aliphatic carbocycles. The number of rotatable bonds is 5. The van der Waals surface area contributed by atoms with Crippen LogP contribution in [0.3, 0.4) is 0 Å². The summed E-state index contributed by atoms with van der Waals surface area (Å²) >= 11 is 0. The van der Waals surface area contributed by atoms with Crippen LogP contribution in [-0.2, 0) is 18.6 Å². The molecule has 0 atom stereocenters. The van der Waals surface area contributed by atoms with Gasteiger partial charge in [0.15, 0.2) is 0 Å². The van der Waals surface area contributed by atoms with E-state index in [1.807, 2.05) is 0 Å². The lowest BCUT2D eigenvalue weighted by molar-refractivity contribution is -0.348. The van der Waals surface area contributed by atoms with Crippen LogP contribution < -0.4 is 11.1 Å². The average Bonchev–Trinajstić information content (AvgIpc) is 2.67. The Morgan fingerprint density at radius 1 is 0.906 bits per heavy atom. The first-order valence-corrected chi connectivity index (χ1v) is 9.04. The van der Waals surface area contributed by atoms with Crippen LogP contribution in [0.25, 0.3) is 0 Å². The van der Waals surface area contributed by atoms with Gasteiger partial charge in [-0.25, -0.2) is 13.2 Å². The number of hydrogen-bond acceptors (Lipinski definition) is 2. The number of nitrogens with one attached hydrogen (secondary N) is 1. The Bertz CT molecular complexity index is 1020. The Hall–Kier alpha value is -2.76. The molecule has 0 aromatic heterocycles. The second-order valence-corrected chi connectivity index (χ2v) is 6.92. The molecule has 0 unspecified atom stereocenters. The van der Waals surface area contributed by atoms with Gasteiger partial charge in [0.25, 0.3) is 5.91 Å². The van der Waals surface area contributed by atoms with E-state index in [0.717, 1.165) is 6.92 Å². The highest BCUT2D eigenvalue weighted by molar-refractivity contribution is 6.05. The molecule has 0 aliphatic heterocycles. The molecule has 1 amide bonds. The third-order valence-electron chi connectivity index (χ3n) is 4.82. The van der Waals surface area contributed by atoms with E-state index in [1.54, 1.807) is 0 Å². The standard InChI is InChI=1S/C20H17F9N2O/c1-3-10-5-12(18(23,19(24,25)26)20(27,28)29)4-9(2)16(10)31-17(32)13-7-14(21)11(8-30)6-15(13)22/h4-7H,3,8,30H2,1-2H3,(H,31,32). The zero-order chi connectivity index (χ0) is 24.6. The molecule has 3 N–H and O–H groups in total. The number of carbonyl (C=O) groups is 1. The van der Waals surface area contributed by atoms with Gasteiger partial charge in [0.2, 0.25) is 0 Å². The third-order valence-corrected chi connectivity index (χ3v) is 4.82. The summed E-state index contributed by atoms with van der Waals surface area (Å²) in [4.78, 5) is 12.4. The minimum Gasteiger partial charge on any atom is -0.326 e. The van der Waals surface area contributed by atoms with Crippen molar-refractivity contribution in [1.82, 2.24) is 0 Å². The van der Waals surface area contributed by atoms with Crippen LogP contribution in [-0.4, -0.2) is 18.3 Å². The van der Waals surface area contributed by atoms with Crippen molar-refractivity contribution in [2.75, 3.05) is 5.32 Å². The van der Waals surface area contributed by atoms with Crippen LogP contribution in [0.1, 0.15) is 39.5 Å². The van der Waals surface area contributed by atoms with Gasteiger partial charge >= 0.3 is 18.0 Å². The van der Waals surface area contributed by atoms with E-state index in [0.29, 0.717) is 24.3 Å². The number of aryl methyl sites for hydroxylation is 2. The van der Waals surface area contributed by atoms with Gasteiger partial charge < -0.3 is 11.1 Å². The highest BCUT2D eigenvalue weighted by Crippen LogP contribution is 2.53. The van der Waals surface area contributed by atoms with Crippen molar-refractivity contribution >= 4 is 11.6 Å². The monoisotopic (exact) mass is 472 g/mol. The molecule has 2 aromatic rings. The van der Waals surface area contributed by atoms with Gasteiger partial charge in [-0.05, 0) is 42.7 Å². The van der Waals surface area contributed by atoms with Crippen molar-refractivity contribution in [3.05, 3.63) is 63.7 Å². The highest BCUT2D eigenvalue weighted by atomic mass is 19.4. The summed E-state index contributed by atoms with van der Waals surface area (Å²) in [5.41, 5.74) is -3.98. The predicted octanol–water partition coefficient (Wildman–Crippen LogP) is 5.84. The smallest absolute Gasteiger partial charge is 0.326 e. The molecule has 12 heteroatoms. The van der Waals surface area contributed by atoms with Gasteiger partial charge in [0.05, 0.1) is 5.56 Å². The van der Waals surface area contributed by atoms with Gasteiger partial charge in [0, 0.05) is 23.4 Å². The van der Waals surface area contributed by atoms with E-state index in [4.69, 9.17) is 5.73 Å². The number of nitrogens with two attached hydrogens (primary N) is 1. The van der Waals surface area contributed by atoms with Crippen LogP contribution in [0, 0.1) is 18.6 Å². The highest BCUT2D eigenvalue weighted by Gasteiger charge is 2.73. The number of alkyl halides is 7. The topological polar surface area (TPSA) is 55.1 Å². The van der Waals surface area contributed by atoms with E-state index >= 15 is 0 Å². The van der Waals surface area contributed by atoms with Crippen LogP contribution in [0.4, 0.5) is 45.2 Å². The van der Waals surface area contributed by atoms with Gasteiger partial charge in [-0.3, -0.25) is 4.79 Å². The fourth-order valence-corrected chi connectivity index (χ4v) is 3.10. The van der Waals surface area contributed by atoms with Crippen LogP contribution >= 0.6 is 0 Å². The van der Waals surface area contributed by atoms with Crippen LogP contribution in [0.15, 0.2) is 24.3 Å². The Labute approximate surface area is 176 Å². The number of benzene rings is 2. The summed E-state index contributed by atoms with van der Waals surface area (Å²) in [5.74, 6) is -3.35. The molecule has 2 rings (SSSR count). The molecule has 2 aromatic carbocycles. The molecule has 0 spiro atoms. The minimum absolute atomic E-state index is 0.209. The summed E-state index contributed by atoms with van der Waals surface area (Å²) in [6.45, 7) is 2.03. The van der Waals surface area contributed by atoms with Crippen molar-refractivity contribution in [2.24, 2.45) is 5.73 Å². The van der Waals surface area contributed by atoms with Gasteiger partial charge in [-0.1, -0.05) is 13.0 Å². The second kappa shape index (κ2) is 8.64. The molecule has 176 valence electrons. The molecule has 0 saturated carbocycles. The SMILES string of the molecule is CCc1cc(C(F)(C(F)(F)F)C(F)(F)F)cc(C)c1NC(=O)c1cc(F)c(CN)cc1F. The van der Waals surface area contributed by atoms with Crippen molar-refractivity contribution in [1.29, 1.82) is 0 Å². The van der Waals surface area contributed by atoms with E-state index in [-0.39, 0.29) is 35.3 Å². The lowest BCUT2D eigenvalue weighted by Crippen LogP contribution is -2.50. The Balaban J connectivity index is 2.57. The quantitative estimate of drug-likeness (QED) is 0.538. The van der Waals surface area contributed by atoms with Crippen molar-refractivity contribution in [3.8, 4) is 0 Å². The van der Waals surface area contributed by atoms with Crippen LogP contribution in [0.5, 0.6) is 0 Å². The molecule has 0 heterocycles. The van der Waals surface area contributed by atoms with Gasteiger partial charge in [0.1, 0.15) is 11.6 Å². The molecule has 0 fully saturated rings. The van der Waals surface area contributed by atoms with E-state index in [9.17, 15) is 44.3 Å². The van der Waals surface area contributed by atoms with Crippen molar-refractivity contribution in [2.45, 2.75) is 44.8 Å². The Morgan fingerprint density at radius 3 is 1.94 bits per heavy atom. The summed E-state index contributed by atoms with van der Waals surface area (Å²) < 4.78 is 121. The Kier molecular flexibility index (Phi) is 6.89. The average molecular weight is 472 g/mol. The number of hydrogen-bond donors (Lipinski definition) is 2. The minimum atomic E-state index is -6.31. The first kappa shape index (κ1) is 25.5. The number of carbonyl (C=O) groups excluding carboxylic acids is 1. The van der Waals surface area contributed by atoms with Crippen molar-refractivity contribution in [3.63, 3.8) is 0 Å².